The Morgan fingerprint density at radius 2 is 1.90 bits per heavy atom. The number of para-hydroxylation sites is 1. The molecule has 0 fully saturated rings. The molecule has 4 aromatic rings. The summed E-state index contributed by atoms with van der Waals surface area (Å²) in [6.45, 7) is 0.319. The van der Waals surface area contributed by atoms with E-state index in [9.17, 15) is 13.6 Å². The summed E-state index contributed by atoms with van der Waals surface area (Å²) in [5, 5.41) is 0.472. The van der Waals surface area contributed by atoms with Crippen LogP contribution in [0.15, 0.2) is 71.9 Å². The van der Waals surface area contributed by atoms with Crippen molar-refractivity contribution in [1.29, 1.82) is 0 Å². The van der Waals surface area contributed by atoms with Crippen LogP contribution in [0.1, 0.15) is 18.4 Å². The fourth-order valence-electron chi connectivity index (χ4n) is 3.03. The van der Waals surface area contributed by atoms with Gasteiger partial charge in [0.15, 0.2) is 5.13 Å². The van der Waals surface area contributed by atoms with Crippen LogP contribution in [0, 0.1) is 11.6 Å². The molecule has 8 heteroatoms. The first kappa shape index (κ1) is 21.4. The van der Waals surface area contributed by atoms with Gasteiger partial charge in [-0.25, -0.2) is 13.8 Å². The minimum atomic E-state index is -0.399. The quantitative estimate of drug-likeness (QED) is 0.239. The summed E-state index contributed by atoms with van der Waals surface area (Å²) < 4.78 is 27.8. The lowest BCUT2D eigenvalue weighted by atomic mass is 10.2. The van der Waals surface area contributed by atoms with Gasteiger partial charge in [-0.05, 0) is 60.2 Å². The van der Waals surface area contributed by atoms with Crippen molar-refractivity contribution in [3.05, 3.63) is 84.2 Å². The molecule has 0 saturated carbocycles. The number of nitrogens with zero attached hydrogens (tertiary/aromatic N) is 3. The number of pyridine rings is 1. The molecule has 2 heterocycles. The maximum atomic E-state index is 14.1. The van der Waals surface area contributed by atoms with Crippen LogP contribution in [-0.4, -0.2) is 21.6 Å². The number of fused-ring (bicyclic) bond motifs is 1. The Morgan fingerprint density at radius 1 is 1.06 bits per heavy atom. The second-order valence-corrected chi connectivity index (χ2v) is 9.01. The number of thiazole rings is 1. The van der Waals surface area contributed by atoms with Gasteiger partial charge in [-0.3, -0.25) is 14.7 Å². The van der Waals surface area contributed by atoms with Gasteiger partial charge in [0.05, 0.1) is 11.2 Å². The summed E-state index contributed by atoms with van der Waals surface area (Å²) in [4.78, 5) is 24.2. The molecule has 0 radical (unpaired) electrons. The summed E-state index contributed by atoms with van der Waals surface area (Å²) in [7, 11) is 0. The monoisotopic (exact) mass is 455 g/mol. The topological polar surface area (TPSA) is 46.1 Å². The van der Waals surface area contributed by atoms with E-state index in [-0.39, 0.29) is 17.2 Å². The maximum Gasteiger partial charge on any atom is 0.229 e. The predicted octanol–water partition coefficient (Wildman–Crippen LogP) is 6.08. The molecule has 4 nitrogen and oxygen atoms in total. The number of aromatic nitrogens is 2. The number of carbonyl (C=O) groups excluding carboxylic acids is 1. The van der Waals surface area contributed by atoms with Gasteiger partial charge >= 0.3 is 0 Å². The van der Waals surface area contributed by atoms with Gasteiger partial charge in [-0.15, -0.1) is 11.8 Å². The molecule has 0 unspecified atom stereocenters. The van der Waals surface area contributed by atoms with Gasteiger partial charge in [0.1, 0.15) is 17.2 Å². The number of carbonyl (C=O) groups is 1. The van der Waals surface area contributed by atoms with Crippen molar-refractivity contribution in [2.24, 2.45) is 0 Å². The molecular weight excluding hydrogens is 436 g/mol. The molecule has 31 heavy (non-hydrogen) atoms. The van der Waals surface area contributed by atoms with Crippen LogP contribution in [-0.2, 0) is 11.3 Å². The number of hydrogen-bond acceptors (Lipinski definition) is 5. The van der Waals surface area contributed by atoms with Crippen LogP contribution in [0.2, 0.25) is 0 Å². The van der Waals surface area contributed by atoms with Crippen molar-refractivity contribution in [3.63, 3.8) is 0 Å². The second kappa shape index (κ2) is 9.98. The van der Waals surface area contributed by atoms with Crippen molar-refractivity contribution in [1.82, 2.24) is 9.97 Å². The fourth-order valence-corrected chi connectivity index (χ4v) is 4.88. The zero-order chi connectivity index (χ0) is 21.6. The summed E-state index contributed by atoms with van der Waals surface area (Å²) >= 11 is 2.88. The Labute approximate surface area is 187 Å². The van der Waals surface area contributed by atoms with Crippen LogP contribution < -0.4 is 4.90 Å². The number of amides is 1. The first-order chi connectivity index (χ1) is 15.1. The highest BCUT2D eigenvalue weighted by molar-refractivity contribution is 7.99. The third kappa shape index (κ3) is 5.45. The molecule has 1 amide bonds. The third-order valence-electron chi connectivity index (χ3n) is 4.57. The van der Waals surface area contributed by atoms with Crippen LogP contribution in [0.5, 0.6) is 0 Å². The Balaban J connectivity index is 1.47. The molecule has 158 valence electrons. The summed E-state index contributed by atoms with van der Waals surface area (Å²) in [6.07, 6.45) is 4.37. The first-order valence-corrected chi connectivity index (χ1v) is 11.5. The number of benzene rings is 2. The molecule has 0 aliphatic heterocycles. The van der Waals surface area contributed by atoms with Crippen LogP contribution in [0.25, 0.3) is 10.2 Å². The molecular formula is C23H19F2N3OS2. The smallest absolute Gasteiger partial charge is 0.229 e. The van der Waals surface area contributed by atoms with E-state index in [1.807, 2.05) is 12.1 Å². The Hall–Kier alpha value is -2.84. The SMILES string of the molecule is O=C(CCCSc1ccc(F)cc1)N(Cc1cccnc1)c1nc2c(F)cccc2s1. The average molecular weight is 456 g/mol. The van der Waals surface area contributed by atoms with Gasteiger partial charge in [-0.1, -0.05) is 23.5 Å². The zero-order valence-corrected chi connectivity index (χ0v) is 18.1. The van der Waals surface area contributed by atoms with E-state index in [1.165, 1.54) is 29.5 Å². The van der Waals surface area contributed by atoms with E-state index in [1.54, 1.807) is 53.3 Å². The van der Waals surface area contributed by atoms with Crippen molar-refractivity contribution in [2.45, 2.75) is 24.3 Å². The molecule has 0 N–H and O–H groups in total. The predicted molar refractivity (Wildman–Crippen MR) is 121 cm³/mol. The molecule has 2 aromatic carbocycles. The van der Waals surface area contributed by atoms with Crippen LogP contribution >= 0.6 is 23.1 Å². The van der Waals surface area contributed by atoms with E-state index < -0.39 is 5.82 Å². The summed E-state index contributed by atoms with van der Waals surface area (Å²) in [5.74, 6) is -0.0163. The molecule has 0 saturated heterocycles. The fraction of sp³-hybridized carbons (Fsp3) is 0.174. The highest BCUT2D eigenvalue weighted by Gasteiger charge is 2.21. The molecule has 0 spiro atoms. The third-order valence-corrected chi connectivity index (χ3v) is 6.71. The maximum absolute atomic E-state index is 14.1. The van der Waals surface area contributed by atoms with Gasteiger partial charge in [0, 0.05) is 23.7 Å². The second-order valence-electron chi connectivity index (χ2n) is 6.83. The van der Waals surface area contributed by atoms with Crippen LogP contribution in [0.4, 0.5) is 13.9 Å². The molecule has 0 aliphatic rings. The molecule has 0 bridgehead atoms. The highest BCUT2D eigenvalue weighted by atomic mass is 32.2. The molecule has 0 aliphatic carbocycles. The lowest BCUT2D eigenvalue weighted by Crippen LogP contribution is -2.30. The first-order valence-electron chi connectivity index (χ1n) is 9.73. The van der Waals surface area contributed by atoms with E-state index in [0.29, 0.717) is 29.2 Å². The largest absolute Gasteiger partial charge is 0.284 e. The Kier molecular flexibility index (Phi) is 6.89. The van der Waals surface area contributed by atoms with E-state index in [0.717, 1.165) is 16.2 Å². The van der Waals surface area contributed by atoms with E-state index in [4.69, 9.17) is 0 Å². The van der Waals surface area contributed by atoms with Gasteiger partial charge in [0.2, 0.25) is 5.91 Å². The minimum Gasteiger partial charge on any atom is -0.284 e. The standard InChI is InChI=1S/C23H19F2N3OS2/c24-17-8-10-18(11-9-17)30-13-3-7-21(29)28(15-16-4-2-12-26-14-16)23-27-22-19(25)5-1-6-20(22)31-23/h1-2,4-6,8-12,14H,3,7,13,15H2. The average Bonchev–Trinajstić information content (AvgIpc) is 3.22. The van der Waals surface area contributed by atoms with Crippen molar-refractivity contribution in [3.8, 4) is 0 Å². The molecule has 2 aromatic heterocycles. The number of rotatable bonds is 8. The lowest BCUT2D eigenvalue weighted by Gasteiger charge is -2.20. The number of anilines is 1. The number of thioether (sulfide) groups is 1. The Bertz CT molecular complexity index is 1170. The number of halogens is 2. The lowest BCUT2D eigenvalue weighted by molar-refractivity contribution is -0.118. The number of hydrogen-bond donors (Lipinski definition) is 0. The zero-order valence-electron chi connectivity index (χ0n) is 16.5. The van der Waals surface area contributed by atoms with Gasteiger partial charge in [0.25, 0.3) is 0 Å². The van der Waals surface area contributed by atoms with E-state index in [2.05, 4.69) is 9.97 Å². The normalized spacial score (nSPS) is 11.0. The minimum absolute atomic E-state index is 0.0805. The van der Waals surface area contributed by atoms with Crippen molar-refractivity contribution in [2.75, 3.05) is 10.7 Å². The van der Waals surface area contributed by atoms with Crippen LogP contribution in [0.3, 0.4) is 0 Å². The van der Waals surface area contributed by atoms with Crippen molar-refractivity contribution < 1.29 is 13.6 Å². The summed E-state index contributed by atoms with van der Waals surface area (Å²) in [5.41, 5.74) is 1.15. The Morgan fingerprint density at radius 3 is 2.65 bits per heavy atom. The molecule has 4 rings (SSSR count). The van der Waals surface area contributed by atoms with Gasteiger partial charge < -0.3 is 0 Å². The van der Waals surface area contributed by atoms with E-state index >= 15 is 0 Å². The van der Waals surface area contributed by atoms with Crippen molar-refractivity contribution >= 4 is 44.4 Å². The van der Waals surface area contributed by atoms with Gasteiger partial charge in [-0.2, -0.15) is 0 Å². The summed E-state index contributed by atoms with van der Waals surface area (Å²) in [6, 6.07) is 14.8. The highest BCUT2D eigenvalue weighted by Crippen LogP contribution is 2.31. The molecule has 0 atom stereocenters.